The number of amides is 1. The van der Waals surface area contributed by atoms with E-state index in [-0.39, 0.29) is 23.7 Å². The summed E-state index contributed by atoms with van der Waals surface area (Å²) in [6.45, 7) is 2.45. The van der Waals surface area contributed by atoms with Gasteiger partial charge in [0.2, 0.25) is 5.88 Å². The van der Waals surface area contributed by atoms with Gasteiger partial charge < -0.3 is 10.1 Å². The molecule has 1 N–H and O–H groups in total. The molecule has 196 valence electrons. The van der Waals surface area contributed by atoms with E-state index in [0.717, 1.165) is 55.2 Å². The molecule has 4 aromatic rings. The van der Waals surface area contributed by atoms with Gasteiger partial charge in [-0.15, -0.1) is 0 Å². The molecule has 6 rings (SSSR count). The zero-order valence-corrected chi connectivity index (χ0v) is 22.0. The van der Waals surface area contributed by atoms with Gasteiger partial charge in [0.25, 0.3) is 5.91 Å². The number of carbonyl (C=O) groups is 1. The van der Waals surface area contributed by atoms with Crippen LogP contribution >= 0.6 is 11.6 Å². The van der Waals surface area contributed by atoms with Gasteiger partial charge in [-0.25, -0.2) is 9.78 Å². The van der Waals surface area contributed by atoms with Gasteiger partial charge in [0.1, 0.15) is 6.10 Å². The van der Waals surface area contributed by atoms with E-state index in [1.54, 1.807) is 23.0 Å². The Hall–Kier alpha value is -3.65. The van der Waals surface area contributed by atoms with E-state index in [1.165, 1.54) is 0 Å². The van der Waals surface area contributed by atoms with Crippen LogP contribution in [0.5, 0.6) is 5.88 Å². The van der Waals surface area contributed by atoms with Gasteiger partial charge in [-0.2, -0.15) is 0 Å². The largest absolute Gasteiger partial charge is 0.474 e. The molecule has 3 heterocycles. The van der Waals surface area contributed by atoms with E-state index in [1.807, 2.05) is 47.9 Å². The highest BCUT2D eigenvalue weighted by atomic mass is 35.5. The number of aromatic nitrogens is 4. The number of aryl methyl sites for hydroxylation is 1. The number of rotatable bonds is 7. The Morgan fingerprint density at radius 3 is 2.50 bits per heavy atom. The van der Waals surface area contributed by atoms with Gasteiger partial charge >= 0.3 is 5.69 Å². The van der Waals surface area contributed by atoms with E-state index in [0.29, 0.717) is 34.6 Å². The van der Waals surface area contributed by atoms with Gasteiger partial charge in [0.05, 0.1) is 39.2 Å². The van der Waals surface area contributed by atoms with Crippen LogP contribution in [-0.2, 0) is 6.54 Å². The summed E-state index contributed by atoms with van der Waals surface area (Å²) < 4.78 is 9.39. The first-order valence-electron chi connectivity index (χ1n) is 13.2. The summed E-state index contributed by atoms with van der Waals surface area (Å²) in [6.07, 6.45) is 9.27. The normalized spacial score (nSPS) is 19.4. The second-order valence-electron chi connectivity index (χ2n) is 10.4. The molecule has 1 amide bonds. The Bertz CT molecular complexity index is 1530. The predicted molar refractivity (Wildman–Crippen MR) is 146 cm³/mol. The first-order valence-corrected chi connectivity index (χ1v) is 13.6. The van der Waals surface area contributed by atoms with Gasteiger partial charge in [-0.1, -0.05) is 23.7 Å². The number of para-hydroxylation sites is 2. The molecule has 0 radical (unpaired) electrons. The van der Waals surface area contributed by atoms with Gasteiger partial charge in [0.15, 0.2) is 0 Å². The highest BCUT2D eigenvalue weighted by molar-refractivity contribution is 6.30. The standard InChI is InChI=1S/C29H30ClN5O3/c1-18-24(14-20(30)15-31-18)28(36)33-21-8-6-19(7-9-21)17-34-25-4-2-3-5-26(25)35(29(34)37)22-10-13-27(32-16-22)38-23-11-12-23/h2-5,10,13-16,19,21,23H,6-9,11-12,17H2,1H3,(H,33,36). The lowest BCUT2D eigenvalue weighted by Crippen LogP contribution is -2.39. The topological polar surface area (TPSA) is 91.0 Å². The minimum absolute atomic E-state index is 0.0665. The van der Waals surface area contributed by atoms with E-state index in [9.17, 15) is 9.59 Å². The number of halogens is 1. The third kappa shape index (κ3) is 5.05. The highest BCUT2D eigenvalue weighted by Crippen LogP contribution is 2.29. The summed E-state index contributed by atoms with van der Waals surface area (Å²) >= 11 is 6.04. The SMILES string of the molecule is Cc1ncc(Cl)cc1C(=O)NC1CCC(Cn2c(=O)n(-c3ccc(OC4CC4)nc3)c3ccccc32)CC1. The van der Waals surface area contributed by atoms with E-state index < -0.39 is 0 Å². The van der Waals surface area contributed by atoms with Crippen molar-refractivity contribution in [2.75, 3.05) is 0 Å². The van der Waals surface area contributed by atoms with Crippen molar-refractivity contribution in [2.24, 2.45) is 5.92 Å². The number of fused-ring (bicyclic) bond motifs is 1. The van der Waals surface area contributed by atoms with Crippen LogP contribution in [0.25, 0.3) is 16.7 Å². The van der Waals surface area contributed by atoms with Crippen molar-refractivity contribution in [1.29, 1.82) is 0 Å². The maximum atomic E-state index is 13.7. The van der Waals surface area contributed by atoms with E-state index in [2.05, 4.69) is 15.3 Å². The van der Waals surface area contributed by atoms with Crippen molar-refractivity contribution in [3.05, 3.63) is 81.6 Å². The molecule has 2 aliphatic rings. The summed E-state index contributed by atoms with van der Waals surface area (Å²) in [7, 11) is 0. The number of nitrogens with one attached hydrogen (secondary N) is 1. The maximum Gasteiger partial charge on any atom is 0.333 e. The third-order valence-corrected chi connectivity index (χ3v) is 7.75. The number of hydrogen-bond acceptors (Lipinski definition) is 5. The third-order valence-electron chi connectivity index (χ3n) is 7.55. The summed E-state index contributed by atoms with van der Waals surface area (Å²) in [6, 6.07) is 13.4. The lowest BCUT2D eigenvalue weighted by atomic mass is 9.85. The molecule has 0 spiro atoms. The van der Waals surface area contributed by atoms with Crippen molar-refractivity contribution in [2.45, 2.75) is 64.1 Å². The maximum absolute atomic E-state index is 13.7. The first kappa shape index (κ1) is 24.7. The smallest absolute Gasteiger partial charge is 0.333 e. The molecular formula is C29H30ClN5O3. The number of ether oxygens (including phenoxy) is 1. The minimum Gasteiger partial charge on any atom is -0.474 e. The monoisotopic (exact) mass is 531 g/mol. The molecule has 0 aliphatic heterocycles. The van der Waals surface area contributed by atoms with Crippen molar-refractivity contribution in [3.63, 3.8) is 0 Å². The zero-order valence-electron chi connectivity index (χ0n) is 21.3. The Morgan fingerprint density at radius 1 is 1.03 bits per heavy atom. The summed E-state index contributed by atoms with van der Waals surface area (Å²) in [5, 5.41) is 3.60. The van der Waals surface area contributed by atoms with Crippen molar-refractivity contribution < 1.29 is 9.53 Å². The average molecular weight is 532 g/mol. The Balaban J connectivity index is 1.16. The van der Waals surface area contributed by atoms with Gasteiger partial charge in [0, 0.05) is 24.8 Å². The molecule has 2 fully saturated rings. The number of nitrogens with zero attached hydrogens (tertiary/aromatic N) is 4. The van der Waals surface area contributed by atoms with Crippen LogP contribution in [0.4, 0.5) is 0 Å². The predicted octanol–water partition coefficient (Wildman–Crippen LogP) is 5.07. The van der Waals surface area contributed by atoms with E-state index >= 15 is 0 Å². The number of carbonyl (C=O) groups excluding carboxylic acids is 1. The first-order chi connectivity index (χ1) is 18.5. The van der Waals surface area contributed by atoms with Crippen LogP contribution in [0.15, 0.2) is 59.7 Å². The molecule has 0 unspecified atom stereocenters. The van der Waals surface area contributed by atoms with E-state index in [4.69, 9.17) is 16.3 Å². The molecule has 8 nitrogen and oxygen atoms in total. The average Bonchev–Trinajstić information content (AvgIpc) is 3.70. The van der Waals surface area contributed by atoms with Crippen molar-refractivity contribution >= 4 is 28.5 Å². The Labute approximate surface area is 225 Å². The number of pyridine rings is 2. The van der Waals surface area contributed by atoms with Gasteiger partial charge in [-0.3, -0.25) is 18.9 Å². The number of hydrogen-bond donors (Lipinski definition) is 1. The quantitative estimate of drug-likeness (QED) is 0.359. The van der Waals surface area contributed by atoms with Crippen LogP contribution in [0.3, 0.4) is 0 Å². The summed E-state index contributed by atoms with van der Waals surface area (Å²) in [5.74, 6) is 0.809. The molecule has 0 saturated heterocycles. The second-order valence-corrected chi connectivity index (χ2v) is 10.8. The lowest BCUT2D eigenvalue weighted by Gasteiger charge is -2.29. The van der Waals surface area contributed by atoms with Crippen LogP contribution in [-0.4, -0.2) is 37.2 Å². The molecule has 2 saturated carbocycles. The van der Waals surface area contributed by atoms with Crippen molar-refractivity contribution in [1.82, 2.24) is 24.4 Å². The summed E-state index contributed by atoms with van der Waals surface area (Å²) in [4.78, 5) is 35.1. The second kappa shape index (κ2) is 10.3. The molecule has 3 aromatic heterocycles. The van der Waals surface area contributed by atoms with Crippen LogP contribution < -0.4 is 15.7 Å². The Morgan fingerprint density at radius 2 is 1.79 bits per heavy atom. The molecule has 9 heteroatoms. The number of benzene rings is 1. The van der Waals surface area contributed by atoms with Crippen LogP contribution in [0.2, 0.25) is 5.02 Å². The lowest BCUT2D eigenvalue weighted by molar-refractivity contribution is 0.0919. The molecule has 2 aliphatic carbocycles. The molecule has 1 aromatic carbocycles. The summed E-state index contributed by atoms with van der Waals surface area (Å²) in [5.41, 5.74) is 3.61. The van der Waals surface area contributed by atoms with Crippen LogP contribution in [0, 0.1) is 12.8 Å². The van der Waals surface area contributed by atoms with Crippen molar-refractivity contribution in [3.8, 4) is 11.6 Å². The van der Waals surface area contributed by atoms with Crippen LogP contribution in [0.1, 0.15) is 54.6 Å². The molecule has 38 heavy (non-hydrogen) atoms. The molecule has 0 bridgehead atoms. The van der Waals surface area contributed by atoms with Gasteiger partial charge in [-0.05, 0) is 75.6 Å². The Kier molecular flexibility index (Phi) is 6.66. The fraction of sp³-hybridized carbons (Fsp3) is 0.379. The number of imidazole rings is 1. The highest BCUT2D eigenvalue weighted by Gasteiger charge is 2.26. The molecule has 0 atom stereocenters. The minimum atomic E-state index is -0.137. The fourth-order valence-electron chi connectivity index (χ4n) is 5.31. The molecular weight excluding hydrogens is 502 g/mol. The zero-order chi connectivity index (χ0) is 26.2. The fourth-order valence-corrected chi connectivity index (χ4v) is 5.47.